The van der Waals surface area contributed by atoms with Crippen molar-refractivity contribution in [3.63, 3.8) is 0 Å². The average molecular weight is 346 g/mol. The van der Waals surface area contributed by atoms with Crippen molar-refractivity contribution in [2.45, 2.75) is 54.9 Å². The van der Waals surface area contributed by atoms with Gasteiger partial charge < -0.3 is 4.74 Å². The number of aromatic nitrogens is 1. The third kappa shape index (κ3) is 3.84. The maximum Gasteiger partial charge on any atom is 0.138 e. The van der Waals surface area contributed by atoms with Gasteiger partial charge in [0, 0.05) is 5.25 Å². The largest absolute Gasteiger partial charge is 0.486 e. The van der Waals surface area contributed by atoms with Crippen molar-refractivity contribution in [3.8, 4) is 5.75 Å². The second-order valence-electron chi connectivity index (χ2n) is 6.39. The highest BCUT2D eigenvalue weighted by molar-refractivity contribution is 7.99. The fraction of sp³-hybridized carbons (Fsp3) is 0.421. The molecule has 2 nitrogen and oxygen atoms in total. The molecule has 2 fully saturated rings. The summed E-state index contributed by atoms with van der Waals surface area (Å²) < 4.78 is 5.87. The van der Waals surface area contributed by atoms with E-state index in [-0.39, 0.29) is 0 Å². The zero-order chi connectivity index (χ0) is 15.6. The van der Waals surface area contributed by atoms with Crippen molar-refractivity contribution < 1.29 is 4.74 Å². The smallest absolute Gasteiger partial charge is 0.138 e. The van der Waals surface area contributed by atoms with Crippen molar-refractivity contribution >= 4 is 23.4 Å². The molecule has 2 saturated carbocycles. The molecule has 4 rings (SSSR count). The lowest BCUT2D eigenvalue weighted by Crippen LogP contribution is -2.13. The molecule has 2 aliphatic carbocycles. The Labute approximate surface area is 146 Å². The number of nitrogens with zero attached hydrogens (tertiary/aromatic N) is 1. The van der Waals surface area contributed by atoms with Crippen LogP contribution in [0.2, 0.25) is 5.02 Å². The van der Waals surface area contributed by atoms with Gasteiger partial charge in [-0.1, -0.05) is 30.2 Å². The minimum atomic E-state index is 0.460. The molecule has 120 valence electrons. The van der Waals surface area contributed by atoms with Crippen LogP contribution in [0.4, 0.5) is 0 Å². The number of pyridine rings is 1. The van der Waals surface area contributed by atoms with Gasteiger partial charge in [0.25, 0.3) is 0 Å². The fourth-order valence-electron chi connectivity index (χ4n) is 2.72. The molecule has 0 unspecified atom stereocenters. The third-order valence-corrected chi connectivity index (χ3v) is 6.07. The molecule has 0 atom stereocenters. The van der Waals surface area contributed by atoms with Gasteiger partial charge in [0.2, 0.25) is 0 Å². The lowest BCUT2D eigenvalue weighted by atomic mass is 10.0. The predicted molar refractivity (Wildman–Crippen MR) is 95.5 cm³/mol. The minimum absolute atomic E-state index is 0.460. The van der Waals surface area contributed by atoms with Crippen molar-refractivity contribution in [1.29, 1.82) is 0 Å². The average Bonchev–Trinajstić information content (AvgIpc) is 3.35. The maximum atomic E-state index is 6.34. The highest BCUT2D eigenvalue weighted by atomic mass is 35.5. The van der Waals surface area contributed by atoms with Gasteiger partial charge in [-0.25, -0.2) is 4.98 Å². The standard InChI is InChI=1S/C19H20ClNOS/c20-17-11-14(13-7-8-13)9-10-18(17)22-12-15-3-1-6-19(21-15)23-16-4-2-5-16/h1,3,6,9-11,13,16H,2,4-5,7-8,12H2. The molecule has 0 saturated heterocycles. The molecule has 2 aliphatic rings. The summed E-state index contributed by atoms with van der Waals surface area (Å²) in [5.41, 5.74) is 2.29. The first kappa shape index (κ1) is 15.3. The molecule has 1 aromatic heterocycles. The van der Waals surface area contributed by atoms with E-state index < -0.39 is 0 Å². The van der Waals surface area contributed by atoms with Gasteiger partial charge in [0.05, 0.1) is 15.7 Å². The lowest BCUT2D eigenvalue weighted by Gasteiger charge is -2.24. The normalized spacial score (nSPS) is 17.8. The van der Waals surface area contributed by atoms with E-state index in [4.69, 9.17) is 16.3 Å². The van der Waals surface area contributed by atoms with Crippen LogP contribution in [0.1, 0.15) is 49.3 Å². The predicted octanol–water partition coefficient (Wildman–Crippen LogP) is 5.84. The van der Waals surface area contributed by atoms with Gasteiger partial charge in [-0.3, -0.25) is 0 Å². The molecule has 0 amide bonds. The zero-order valence-corrected chi connectivity index (χ0v) is 14.6. The van der Waals surface area contributed by atoms with Crippen LogP contribution >= 0.6 is 23.4 Å². The molecule has 0 N–H and O–H groups in total. The van der Waals surface area contributed by atoms with Crippen LogP contribution in [0, 0.1) is 0 Å². The molecule has 0 spiro atoms. The number of ether oxygens (including phenoxy) is 1. The number of thioether (sulfide) groups is 1. The maximum absolute atomic E-state index is 6.34. The quantitative estimate of drug-likeness (QED) is 0.657. The first-order valence-corrected chi connectivity index (χ1v) is 9.58. The molecule has 0 aliphatic heterocycles. The van der Waals surface area contributed by atoms with Crippen molar-refractivity contribution in [3.05, 3.63) is 52.7 Å². The first-order valence-electron chi connectivity index (χ1n) is 8.33. The summed E-state index contributed by atoms with van der Waals surface area (Å²) in [6, 6.07) is 12.3. The fourth-order valence-corrected chi connectivity index (χ4v) is 4.20. The van der Waals surface area contributed by atoms with Crippen molar-refractivity contribution in [2.75, 3.05) is 0 Å². The summed E-state index contributed by atoms with van der Waals surface area (Å²) in [6.07, 6.45) is 6.56. The van der Waals surface area contributed by atoms with Gasteiger partial charge in [0.1, 0.15) is 12.4 Å². The van der Waals surface area contributed by atoms with Crippen LogP contribution in [0.3, 0.4) is 0 Å². The summed E-state index contributed by atoms with van der Waals surface area (Å²) in [7, 11) is 0. The van der Waals surface area contributed by atoms with Gasteiger partial charge in [0.15, 0.2) is 0 Å². The summed E-state index contributed by atoms with van der Waals surface area (Å²) >= 11 is 8.23. The van der Waals surface area contributed by atoms with Gasteiger partial charge in [-0.15, -0.1) is 11.8 Å². The van der Waals surface area contributed by atoms with E-state index in [0.717, 1.165) is 21.7 Å². The highest BCUT2D eigenvalue weighted by Gasteiger charge is 2.24. The SMILES string of the molecule is Clc1cc(C2CC2)ccc1OCc1cccc(SC2CCC2)n1. The van der Waals surface area contributed by atoms with E-state index >= 15 is 0 Å². The zero-order valence-electron chi connectivity index (χ0n) is 13.0. The van der Waals surface area contributed by atoms with Gasteiger partial charge >= 0.3 is 0 Å². The van der Waals surface area contributed by atoms with Crippen molar-refractivity contribution in [2.24, 2.45) is 0 Å². The number of halogens is 1. The van der Waals surface area contributed by atoms with Gasteiger partial charge in [-0.2, -0.15) is 0 Å². The molecular weight excluding hydrogens is 326 g/mol. The molecule has 0 bridgehead atoms. The lowest BCUT2D eigenvalue weighted by molar-refractivity contribution is 0.300. The van der Waals surface area contributed by atoms with E-state index in [1.165, 1.54) is 37.7 Å². The Morgan fingerprint density at radius 2 is 2.00 bits per heavy atom. The molecule has 23 heavy (non-hydrogen) atoms. The second-order valence-corrected chi connectivity index (χ2v) is 8.12. The Kier molecular flexibility index (Phi) is 4.50. The number of hydrogen-bond acceptors (Lipinski definition) is 3. The van der Waals surface area contributed by atoms with Crippen LogP contribution in [-0.4, -0.2) is 10.2 Å². The molecular formula is C19H20ClNOS. The molecule has 0 radical (unpaired) electrons. The number of rotatable bonds is 6. The molecule has 4 heteroatoms. The number of hydrogen-bond donors (Lipinski definition) is 0. The van der Waals surface area contributed by atoms with Crippen LogP contribution in [0.15, 0.2) is 41.4 Å². The Morgan fingerprint density at radius 3 is 2.70 bits per heavy atom. The van der Waals surface area contributed by atoms with E-state index in [2.05, 4.69) is 23.2 Å². The Morgan fingerprint density at radius 1 is 1.13 bits per heavy atom. The van der Waals surface area contributed by atoms with E-state index in [1.54, 1.807) is 0 Å². The van der Waals surface area contributed by atoms with E-state index in [1.807, 2.05) is 30.0 Å². The molecule has 2 aromatic rings. The summed E-state index contributed by atoms with van der Waals surface area (Å²) in [5, 5.41) is 2.56. The van der Waals surface area contributed by atoms with Crippen molar-refractivity contribution in [1.82, 2.24) is 4.98 Å². The summed E-state index contributed by atoms with van der Waals surface area (Å²) in [5.74, 6) is 1.46. The van der Waals surface area contributed by atoms with E-state index in [0.29, 0.717) is 17.5 Å². The molecule has 1 heterocycles. The monoisotopic (exact) mass is 345 g/mol. The van der Waals surface area contributed by atoms with Gasteiger partial charge in [-0.05, 0) is 61.4 Å². The second kappa shape index (κ2) is 6.74. The van der Waals surface area contributed by atoms with E-state index in [9.17, 15) is 0 Å². The molecule has 1 aromatic carbocycles. The Bertz CT molecular complexity index is 698. The Balaban J connectivity index is 1.39. The van der Waals surface area contributed by atoms with Crippen LogP contribution in [0.5, 0.6) is 5.75 Å². The highest BCUT2D eigenvalue weighted by Crippen LogP contribution is 2.42. The number of benzene rings is 1. The topological polar surface area (TPSA) is 22.1 Å². The third-order valence-electron chi connectivity index (χ3n) is 4.50. The van der Waals surface area contributed by atoms with Crippen LogP contribution in [-0.2, 0) is 6.61 Å². The van der Waals surface area contributed by atoms with Crippen LogP contribution in [0.25, 0.3) is 0 Å². The summed E-state index contributed by atoms with van der Waals surface area (Å²) in [6.45, 7) is 0.460. The summed E-state index contributed by atoms with van der Waals surface area (Å²) in [4.78, 5) is 4.69. The minimum Gasteiger partial charge on any atom is -0.486 e. The van der Waals surface area contributed by atoms with Crippen LogP contribution < -0.4 is 4.74 Å². The Hall–Kier alpha value is -1.19. The first-order chi connectivity index (χ1) is 11.3.